The van der Waals surface area contributed by atoms with E-state index >= 15 is 0 Å². The Morgan fingerprint density at radius 2 is 1.75 bits per heavy atom. The summed E-state index contributed by atoms with van der Waals surface area (Å²) in [6, 6.07) is 17.2. The minimum Gasteiger partial charge on any atom is -0.497 e. The molecule has 0 saturated heterocycles. The maximum Gasteiger partial charge on any atom is 0.416 e. The lowest BCUT2D eigenvalue weighted by Gasteiger charge is -2.07. The number of hydrogen-bond acceptors (Lipinski definition) is 4. The number of methoxy groups -OCH3 is 1. The number of carbonyl (C=O) groups is 1. The molecule has 2 aromatic carbocycles. The Morgan fingerprint density at radius 3 is 2.41 bits per heavy atom. The molecule has 0 spiro atoms. The van der Waals surface area contributed by atoms with Crippen LogP contribution in [0.3, 0.4) is 0 Å². The summed E-state index contributed by atoms with van der Waals surface area (Å²) in [7, 11) is 1.58. The highest BCUT2D eigenvalue weighted by atomic mass is 19.4. The van der Waals surface area contributed by atoms with Crippen LogP contribution in [0.1, 0.15) is 16.1 Å². The number of carbonyl (C=O) groups excluding carboxylic acids is 1. The van der Waals surface area contributed by atoms with Crippen molar-refractivity contribution in [1.82, 2.24) is 9.38 Å². The third-order valence-corrected chi connectivity index (χ3v) is 4.83. The Hall–Kier alpha value is -4.07. The van der Waals surface area contributed by atoms with Gasteiger partial charge in [0.2, 0.25) is 5.78 Å². The van der Waals surface area contributed by atoms with E-state index in [0.29, 0.717) is 16.9 Å². The van der Waals surface area contributed by atoms with Crippen molar-refractivity contribution >= 4 is 17.0 Å². The van der Waals surface area contributed by atoms with Crippen molar-refractivity contribution in [3.63, 3.8) is 0 Å². The largest absolute Gasteiger partial charge is 0.497 e. The van der Waals surface area contributed by atoms with Crippen molar-refractivity contribution in [1.29, 1.82) is 0 Å². The summed E-state index contributed by atoms with van der Waals surface area (Å²) in [5.41, 5.74) is 1.26. The SMILES string of the molecule is COc1ccc(N/C=C\C(=O)c2nc(-c3ccc(C(F)(F)F)cc3)n3ccccc23)cc1. The topological polar surface area (TPSA) is 55.6 Å². The van der Waals surface area contributed by atoms with Crippen molar-refractivity contribution in [3.8, 4) is 17.1 Å². The molecule has 0 amide bonds. The monoisotopic (exact) mass is 437 g/mol. The summed E-state index contributed by atoms with van der Waals surface area (Å²) in [6.45, 7) is 0. The van der Waals surface area contributed by atoms with Gasteiger partial charge in [0.15, 0.2) is 0 Å². The number of allylic oxidation sites excluding steroid dienone is 1. The molecule has 0 radical (unpaired) electrons. The van der Waals surface area contributed by atoms with Crippen LogP contribution in [0.5, 0.6) is 5.75 Å². The van der Waals surface area contributed by atoms with Crippen LogP contribution in [-0.2, 0) is 6.18 Å². The van der Waals surface area contributed by atoms with E-state index in [-0.39, 0.29) is 11.5 Å². The van der Waals surface area contributed by atoms with Gasteiger partial charge >= 0.3 is 6.18 Å². The number of rotatable bonds is 6. The molecule has 0 unspecified atom stereocenters. The van der Waals surface area contributed by atoms with Crippen LogP contribution in [0.15, 0.2) is 85.2 Å². The van der Waals surface area contributed by atoms with E-state index in [1.807, 2.05) is 12.1 Å². The fourth-order valence-corrected chi connectivity index (χ4v) is 3.21. The number of imidazole rings is 1. The van der Waals surface area contributed by atoms with Gasteiger partial charge < -0.3 is 10.1 Å². The first-order chi connectivity index (χ1) is 15.4. The lowest BCUT2D eigenvalue weighted by molar-refractivity contribution is -0.137. The van der Waals surface area contributed by atoms with Crippen LogP contribution in [0.2, 0.25) is 0 Å². The summed E-state index contributed by atoms with van der Waals surface area (Å²) in [5.74, 6) is 0.762. The lowest BCUT2D eigenvalue weighted by Crippen LogP contribution is -2.04. The quantitative estimate of drug-likeness (QED) is 0.304. The summed E-state index contributed by atoms with van der Waals surface area (Å²) >= 11 is 0. The van der Waals surface area contributed by atoms with Gasteiger partial charge in [0, 0.05) is 29.7 Å². The average Bonchev–Trinajstić information content (AvgIpc) is 3.19. The number of nitrogens with one attached hydrogen (secondary N) is 1. The molecule has 0 fully saturated rings. The number of pyridine rings is 1. The van der Waals surface area contributed by atoms with E-state index in [1.54, 1.807) is 48.0 Å². The van der Waals surface area contributed by atoms with E-state index < -0.39 is 11.7 Å². The zero-order chi connectivity index (χ0) is 22.7. The van der Waals surface area contributed by atoms with Gasteiger partial charge in [-0.1, -0.05) is 18.2 Å². The highest BCUT2D eigenvalue weighted by molar-refractivity contribution is 6.08. The molecule has 32 heavy (non-hydrogen) atoms. The fourth-order valence-electron chi connectivity index (χ4n) is 3.21. The molecule has 1 N–H and O–H groups in total. The Kier molecular flexibility index (Phi) is 5.68. The van der Waals surface area contributed by atoms with Crippen LogP contribution < -0.4 is 10.1 Å². The minimum atomic E-state index is -4.42. The molecule has 5 nitrogen and oxygen atoms in total. The van der Waals surface area contributed by atoms with Crippen LogP contribution >= 0.6 is 0 Å². The van der Waals surface area contributed by atoms with Crippen LogP contribution in [0, 0.1) is 0 Å². The second-order valence-corrected chi connectivity index (χ2v) is 6.89. The van der Waals surface area contributed by atoms with Gasteiger partial charge in [0.25, 0.3) is 0 Å². The average molecular weight is 437 g/mol. The van der Waals surface area contributed by atoms with Gasteiger partial charge in [-0.25, -0.2) is 4.98 Å². The molecule has 2 aromatic heterocycles. The van der Waals surface area contributed by atoms with Crippen LogP contribution in [0.4, 0.5) is 18.9 Å². The molecule has 0 saturated carbocycles. The highest BCUT2D eigenvalue weighted by Gasteiger charge is 2.30. The number of fused-ring (bicyclic) bond motifs is 1. The molecule has 8 heteroatoms. The number of alkyl halides is 3. The van der Waals surface area contributed by atoms with Gasteiger partial charge in [-0.3, -0.25) is 9.20 Å². The molecule has 0 aliphatic carbocycles. The number of ether oxygens (including phenoxy) is 1. The maximum absolute atomic E-state index is 12.9. The molecular weight excluding hydrogens is 419 g/mol. The minimum absolute atomic E-state index is 0.202. The molecule has 0 aliphatic rings. The van der Waals surface area contributed by atoms with Gasteiger partial charge in [-0.05, 0) is 48.5 Å². The van der Waals surface area contributed by atoms with E-state index in [0.717, 1.165) is 23.6 Å². The number of halogens is 3. The normalized spacial score (nSPS) is 11.8. The predicted molar refractivity (Wildman–Crippen MR) is 116 cm³/mol. The maximum atomic E-state index is 12.9. The van der Waals surface area contributed by atoms with Crippen molar-refractivity contribution < 1.29 is 22.7 Å². The van der Waals surface area contributed by atoms with Crippen molar-refractivity contribution in [2.45, 2.75) is 6.18 Å². The highest BCUT2D eigenvalue weighted by Crippen LogP contribution is 2.31. The first-order valence-corrected chi connectivity index (χ1v) is 9.63. The van der Waals surface area contributed by atoms with E-state index in [9.17, 15) is 18.0 Å². The molecule has 0 bridgehead atoms. The molecular formula is C24H18F3N3O2. The summed E-state index contributed by atoms with van der Waals surface area (Å²) < 4.78 is 45.4. The number of anilines is 1. The Balaban J connectivity index is 1.61. The first kappa shape index (κ1) is 21.2. The zero-order valence-corrected chi connectivity index (χ0v) is 16.9. The van der Waals surface area contributed by atoms with Gasteiger partial charge in [0.1, 0.15) is 17.3 Å². The number of ketones is 1. The van der Waals surface area contributed by atoms with Gasteiger partial charge in [-0.15, -0.1) is 0 Å². The second-order valence-electron chi connectivity index (χ2n) is 6.89. The van der Waals surface area contributed by atoms with Gasteiger partial charge in [0.05, 0.1) is 18.2 Å². The number of nitrogens with zero attached hydrogens (tertiary/aromatic N) is 2. The van der Waals surface area contributed by atoms with Crippen LogP contribution in [0.25, 0.3) is 16.9 Å². The molecule has 4 aromatic rings. The third-order valence-electron chi connectivity index (χ3n) is 4.83. The van der Waals surface area contributed by atoms with Crippen molar-refractivity contribution in [2.24, 2.45) is 0 Å². The Labute approximate surface area is 181 Å². The Morgan fingerprint density at radius 1 is 1.03 bits per heavy atom. The number of hydrogen-bond donors (Lipinski definition) is 1. The predicted octanol–water partition coefficient (Wildman–Crippen LogP) is 5.84. The van der Waals surface area contributed by atoms with Gasteiger partial charge in [-0.2, -0.15) is 13.2 Å². The third kappa shape index (κ3) is 4.34. The summed E-state index contributed by atoms with van der Waals surface area (Å²) in [6.07, 6.45) is 0.160. The standard InChI is InChI=1S/C24H18F3N3O2/c1-32-19-11-9-18(10-12-19)28-14-13-21(31)22-20-4-2-3-15-30(20)23(29-22)16-5-7-17(8-6-16)24(25,26)27/h2-15,28H,1H3/b14-13-. The van der Waals surface area contributed by atoms with Crippen LogP contribution in [-0.4, -0.2) is 22.3 Å². The summed E-state index contributed by atoms with van der Waals surface area (Å²) in [4.78, 5) is 17.2. The van der Waals surface area contributed by atoms with Crippen molar-refractivity contribution in [3.05, 3.63) is 96.5 Å². The molecule has 2 heterocycles. The molecule has 162 valence electrons. The van der Waals surface area contributed by atoms with Crippen molar-refractivity contribution in [2.75, 3.05) is 12.4 Å². The second kappa shape index (κ2) is 8.58. The lowest BCUT2D eigenvalue weighted by atomic mass is 10.1. The number of aromatic nitrogens is 2. The van der Waals surface area contributed by atoms with E-state index in [1.165, 1.54) is 24.4 Å². The van der Waals surface area contributed by atoms with E-state index in [4.69, 9.17) is 4.74 Å². The molecule has 4 rings (SSSR count). The molecule has 0 aliphatic heterocycles. The van der Waals surface area contributed by atoms with E-state index in [2.05, 4.69) is 10.3 Å². The smallest absolute Gasteiger partial charge is 0.416 e. The number of benzene rings is 2. The first-order valence-electron chi connectivity index (χ1n) is 9.63. The molecule has 0 atom stereocenters. The summed E-state index contributed by atoms with van der Waals surface area (Å²) in [5, 5.41) is 3.01. The fraction of sp³-hybridized carbons (Fsp3) is 0.0833. The zero-order valence-electron chi connectivity index (χ0n) is 16.9. The Bertz CT molecular complexity index is 1270.